The molecular weight excluding hydrogens is 216 g/mol. The summed E-state index contributed by atoms with van der Waals surface area (Å²) in [5.74, 6) is 1.51. The van der Waals surface area contributed by atoms with Crippen molar-refractivity contribution in [3.8, 4) is 11.5 Å². The van der Waals surface area contributed by atoms with Crippen LogP contribution in [-0.4, -0.2) is 19.3 Å². The molecule has 1 rings (SSSR count). The standard InChI is InChI=1S/C13H22N2O2/c1-4-16-10-7-6-8-11(17-5-2)12(10)13(15)9(3)14/h6-9,13H,4-5,14-15H2,1-3H3. The van der Waals surface area contributed by atoms with E-state index in [0.717, 1.165) is 17.1 Å². The van der Waals surface area contributed by atoms with Gasteiger partial charge in [-0.05, 0) is 32.9 Å². The van der Waals surface area contributed by atoms with Gasteiger partial charge in [0.2, 0.25) is 0 Å². The van der Waals surface area contributed by atoms with Crippen LogP contribution in [-0.2, 0) is 0 Å². The average Bonchev–Trinajstić information content (AvgIpc) is 2.29. The monoisotopic (exact) mass is 238 g/mol. The molecule has 0 spiro atoms. The lowest BCUT2D eigenvalue weighted by atomic mass is 10.00. The van der Waals surface area contributed by atoms with Crippen LogP contribution >= 0.6 is 0 Å². The van der Waals surface area contributed by atoms with Gasteiger partial charge in [-0.3, -0.25) is 0 Å². The lowest BCUT2D eigenvalue weighted by Gasteiger charge is -2.22. The summed E-state index contributed by atoms with van der Waals surface area (Å²) in [5.41, 5.74) is 12.8. The predicted molar refractivity (Wildman–Crippen MR) is 69.4 cm³/mol. The summed E-state index contributed by atoms with van der Waals surface area (Å²) >= 11 is 0. The van der Waals surface area contributed by atoms with Crippen LogP contribution in [0.1, 0.15) is 32.4 Å². The smallest absolute Gasteiger partial charge is 0.127 e. The number of ether oxygens (including phenoxy) is 2. The molecule has 0 saturated carbocycles. The number of rotatable bonds is 6. The molecule has 2 atom stereocenters. The van der Waals surface area contributed by atoms with Crippen LogP contribution < -0.4 is 20.9 Å². The molecular formula is C13H22N2O2. The third-order valence-corrected chi connectivity index (χ3v) is 2.53. The Morgan fingerprint density at radius 1 is 1.06 bits per heavy atom. The molecule has 4 nitrogen and oxygen atoms in total. The van der Waals surface area contributed by atoms with Crippen LogP contribution in [0.15, 0.2) is 18.2 Å². The Morgan fingerprint density at radius 3 is 1.88 bits per heavy atom. The van der Waals surface area contributed by atoms with E-state index in [1.807, 2.05) is 39.0 Å². The van der Waals surface area contributed by atoms with Crippen molar-refractivity contribution in [3.63, 3.8) is 0 Å². The molecule has 4 heteroatoms. The van der Waals surface area contributed by atoms with E-state index >= 15 is 0 Å². The summed E-state index contributed by atoms with van der Waals surface area (Å²) in [5, 5.41) is 0. The Bertz CT molecular complexity index is 329. The normalized spacial score (nSPS) is 14.2. The first-order valence-electron chi connectivity index (χ1n) is 6.01. The second-order valence-corrected chi connectivity index (χ2v) is 3.92. The van der Waals surface area contributed by atoms with Gasteiger partial charge in [-0.15, -0.1) is 0 Å². The van der Waals surface area contributed by atoms with E-state index in [1.54, 1.807) is 0 Å². The summed E-state index contributed by atoms with van der Waals surface area (Å²) in [6.45, 7) is 6.94. The molecule has 0 aliphatic carbocycles. The summed E-state index contributed by atoms with van der Waals surface area (Å²) in [7, 11) is 0. The highest BCUT2D eigenvalue weighted by Gasteiger charge is 2.20. The van der Waals surface area contributed by atoms with Gasteiger partial charge in [0.1, 0.15) is 11.5 Å². The van der Waals surface area contributed by atoms with Gasteiger partial charge in [0.25, 0.3) is 0 Å². The zero-order valence-corrected chi connectivity index (χ0v) is 10.8. The molecule has 0 aliphatic heterocycles. The van der Waals surface area contributed by atoms with Gasteiger partial charge in [0.15, 0.2) is 0 Å². The lowest BCUT2D eigenvalue weighted by Crippen LogP contribution is -2.31. The Labute approximate surface area is 103 Å². The molecule has 0 fully saturated rings. The molecule has 2 unspecified atom stereocenters. The third kappa shape index (κ3) is 3.35. The summed E-state index contributed by atoms with van der Waals surface area (Å²) in [6, 6.07) is 5.23. The quantitative estimate of drug-likeness (QED) is 0.793. The van der Waals surface area contributed by atoms with E-state index in [1.165, 1.54) is 0 Å². The predicted octanol–water partition coefficient (Wildman–Crippen LogP) is 1.83. The third-order valence-electron chi connectivity index (χ3n) is 2.53. The summed E-state index contributed by atoms with van der Waals surface area (Å²) < 4.78 is 11.2. The molecule has 96 valence electrons. The van der Waals surface area contributed by atoms with E-state index < -0.39 is 0 Å². The van der Waals surface area contributed by atoms with Crippen LogP contribution in [0.3, 0.4) is 0 Å². The van der Waals surface area contributed by atoms with Crippen LogP contribution in [0.4, 0.5) is 0 Å². The Hall–Kier alpha value is -1.26. The van der Waals surface area contributed by atoms with Crippen molar-refractivity contribution in [2.75, 3.05) is 13.2 Å². The highest BCUT2D eigenvalue weighted by molar-refractivity contribution is 5.47. The molecule has 1 aromatic carbocycles. The van der Waals surface area contributed by atoms with E-state index in [-0.39, 0.29) is 12.1 Å². The largest absolute Gasteiger partial charge is 0.493 e. The Morgan fingerprint density at radius 2 is 1.53 bits per heavy atom. The molecule has 1 aromatic rings. The van der Waals surface area contributed by atoms with Gasteiger partial charge >= 0.3 is 0 Å². The fourth-order valence-electron chi connectivity index (χ4n) is 1.68. The van der Waals surface area contributed by atoms with Crippen molar-refractivity contribution in [3.05, 3.63) is 23.8 Å². The molecule has 0 heterocycles. The van der Waals surface area contributed by atoms with E-state index in [4.69, 9.17) is 20.9 Å². The first-order valence-corrected chi connectivity index (χ1v) is 6.01. The minimum Gasteiger partial charge on any atom is -0.493 e. The maximum absolute atomic E-state index is 6.11. The van der Waals surface area contributed by atoms with Gasteiger partial charge in [0, 0.05) is 6.04 Å². The first-order chi connectivity index (χ1) is 8.11. The molecule has 4 N–H and O–H groups in total. The van der Waals surface area contributed by atoms with Crippen molar-refractivity contribution in [2.45, 2.75) is 32.9 Å². The molecule has 0 aliphatic rings. The molecule has 17 heavy (non-hydrogen) atoms. The molecule has 0 radical (unpaired) electrons. The molecule has 0 aromatic heterocycles. The number of hydrogen-bond donors (Lipinski definition) is 2. The zero-order valence-electron chi connectivity index (χ0n) is 10.8. The number of hydrogen-bond acceptors (Lipinski definition) is 4. The molecule has 0 bridgehead atoms. The van der Waals surface area contributed by atoms with E-state index in [9.17, 15) is 0 Å². The van der Waals surface area contributed by atoms with Crippen LogP contribution in [0.5, 0.6) is 11.5 Å². The average molecular weight is 238 g/mol. The van der Waals surface area contributed by atoms with Crippen molar-refractivity contribution >= 4 is 0 Å². The summed E-state index contributed by atoms with van der Waals surface area (Å²) in [6.07, 6.45) is 0. The summed E-state index contributed by atoms with van der Waals surface area (Å²) in [4.78, 5) is 0. The fraction of sp³-hybridized carbons (Fsp3) is 0.538. The SMILES string of the molecule is CCOc1cccc(OCC)c1C(N)C(C)N. The minimum absolute atomic E-state index is 0.157. The van der Waals surface area contributed by atoms with Gasteiger partial charge < -0.3 is 20.9 Å². The van der Waals surface area contributed by atoms with Crippen LogP contribution in [0, 0.1) is 0 Å². The van der Waals surface area contributed by atoms with Gasteiger partial charge in [-0.2, -0.15) is 0 Å². The number of nitrogens with two attached hydrogens (primary N) is 2. The minimum atomic E-state index is -0.292. The fourth-order valence-corrected chi connectivity index (χ4v) is 1.68. The lowest BCUT2D eigenvalue weighted by molar-refractivity contribution is 0.310. The topological polar surface area (TPSA) is 70.5 Å². The zero-order chi connectivity index (χ0) is 12.8. The van der Waals surface area contributed by atoms with E-state index in [2.05, 4.69) is 0 Å². The maximum atomic E-state index is 6.11. The van der Waals surface area contributed by atoms with Crippen molar-refractivity contribution in [2.24, 2.45) is 11.5 Å². The first kappa shape index (κ1) is 13.8. The van der Waals surface area contributed by atoms with Crippen molar-refractivity contribution in [1.29, 1.82) is 0 Å². The second kappa shape index (κ2) is 6.47. The van der Waals surface area contributed by atoms with Gasteiger partial charge in [0.05, 0.1) is 24.8 Å². The number of benzene rings is 1. The Balaban J connectivity index is 3.17. The molecule has 0 amide bonds. The highest BCUT2D eigenvalue weighted by Crippen LogP contribution is 2.34. The Kier molecular flexibility index (Phi) is 5.25. The second-order valence-electron chi connectivity index (χ2n) is 3.92. The van der Waals surface area contributed by atoms with Crippen LogP contribution in [0.2, 0.25) is 0 Å². The highest BCUT2D eigenvalue weighted by atomic mass is 16.5. The van der Waals surface area contributed by atoms with Gasteiger partial charge in [-0.1, -0.05) is 6.07 Å². The van der Waals surface area contributed by atoms with Crippen LogP contribution in [0.25, 0.3) is 0 Å². The molecule has 0 saturated heterocycles. The maximum Gasteiger partial charge on any atom is 0.127 e. The van der Waals surface area contributed by atoms with E-state index in [0.29, 0.717) is 13.2 Å². The van der Waals surface area contributed by atoms with Gasteiger partial charge in [-0.25, -0.2) is 0 Å². The van der Waals surface area contributed by atoms with Crippen molar-refractivity contribution in [1.82, 2.24) is 0 Å². The van der Waals surface area contributed by atoms with Crippen molar-refractivity contribution < 1.29 is 9.47 Å².